The molecule has 1 aromatic rings. The smallest absolute Gasteiger partial charge is 0.406 e. The second kappa shape index (κ2) is 15.0. The van der Waals surface area contributed by atoms with Crippen molar-refractivity contribution in [3.63, 3.8) is 0 Å². The van der Waals surface area contributed by atoms with Gasteiger partial charge in [0.1, 0.15) is 0 Å². The lowest BCUT2D eigenvalue weighted by atomic mass is 9.82. The Morgan fingerprint density at radius 1 is 1.08 bits per heavy atom. The molecule has 9 nitrogen and oxygen atoms in total. The van der Waals surface area contributed by atoms with Gasteiger partial charge < -0.3 is 35.4 Å². The first-order chi connectivity index (χ1) is 17.5. The normalized spacial score (nSPS) is 21.3. The van der Waals surface area contributed by atoms with E-state index in [1.165, 1.54) is 13.5 Å². The summed E-state index contributed by atoms with van der Waals surface area (Å²) >= 11 is 0. The number of urea groups is 1. The summed E-state index contributed by atoms with van der Waals surface area (Å²) in [5.74, 6) is 0.358. The van der Waals surface area contributed by atoms with Gasteiger partial charge >= 0.3 is 12.1 Å². The van der Waals surface area contributed by atoms with Gasteiger partial charge in [-0.15, -0.1) is 0 Å². The Bertz CT molecular complexity index is 790. The first-order valence-corrected chi connectivity index (χ1v) is 13.4. The standard InChI is InChI=1S/C27H44N4O5/c1-28-18-23(24(32)20-10-5-3-6-11-20)30-26(33)31-16-9-14-22(19-31)25(21-12-7-4-8-13-21)36-17-15-29-27(34)35-2/h4,7-8,12-13,20,22-25,28,32H,3,5-6,9-11,14-19H2,1-2H3,(H,29,34)(H,30,33)/t22-,23-,24+,25+/m1/s1. The fourth-order valence-electron chi connectivity index (χ4n) is 5.53. The molecule has 2 aliphatic rings. The van der Waals surface area contributed by atoms with E-state index in [0.29, 0.717) is 32.8 Å². The SMILES string of the molecule is CNC[C@@H](NC(=O)N1CCC[C@@H]([C@@H](OCCNC(=O)OC)c2ccccc2)C1)[C@@H](O)C1CCCCC1. The molecule has 3 amide bonds. The third-order valence-electron chi connectivity index (χ3n) is 7.43. The van der Waals surface area contributed by atoms with Crippen LogP contribution in [0.3, 0.4) is 0 Å². The van der Waals surface area contributed by atoms with Gasteiger partial charge in [-0.3, -0.25) is 0 Å². The van der Waals surface area contributed by atoms with Gasteiger partial charge in [0.2, 0.25) is 0 Å². The van der Waals surface area contributed by atoms with Crippen LogP contribution in [0.25, 0.3) is 0 Å². The maximum Gasteiger partial charge on any atom is 0.406 e. The molecular formula is C27H44N4O5. The van der Waals surface area contributed by atoms with E-state index in [2.05, 4.69) is 20.7 Å². The van der Waals surface area contributed by atoms with E-state index in [9.17, 15) is 14.7 Å². The quantitative estimate of drug-likeness (QED) is 0.345. The Labute approximate surface area is 215 Å². The van der Waals surface area contributed by atoms with Crippen LogP contribution in [0.15, 0.2) is 30.3 Å². The number of hydrogen-bond donors (Lipinski definition) is 4. The van der Waals surface area contributed by atoms with Gasteiger partial charge in [-0.25, -0.2) is 9.59 Å². The molecule has 1 saturated carbocycles. The van der Waals surface area contributed by atoms with E-state index >= 15 is 0 Å². The van der Waals surface area contributed by atoms with Gasteiger partial charge in [0, 0.05) is 32.1 Å². The number of rotatable bonds is 11. The average molecular weight is 505 g/mol. The van der Waals surface area contributed by atoms with E-state index < -0.39 is 12.2 Å². The van der Waals surface area contributed by atoms with Gasteiger partial charge in [-0.2, -0.15) is 0 Å². The highest BCUT2D eigenvalue weighted by Gasteiger charge is 2.34. The summed E-state index contributed by atoms with van der Waals surface area (Å²) in [6, 6.07) is 9.58. The van der Waals surface area contributed by atoms with Gasteiger partial charge in [-0.1, -0.05) is 49.6 Å². The van der Waals surface area contributed by atoms with E-state index in [1.807, 2.05) is 42.3 Å². The first kappa shape index (κ1) is 28.2. The third kappa shape index (κ3) is 8.35. The summed E-state index contributed by atoms with van der Waals surface area (Å²) < 4.78 is 10.9. The van der Waals surface area contributed by atoms with Crippen LogP contribution in [0.5, 0.6) is 0 Å². The minimum absolute atomic E-state index is 0.121. The van der Waals surface area contributed by atoms with E-state index in [4.69, 9.17) is 4.74 Å². The molecule has 1 aliphatic carbocycles. The van der Waals surface area contributed by atoms with Crippen LogP contribution >= 0.6 is 0 Å². The molecule has 4 N–H and O–H groups in total. The number of amides is 3. The van der Waals surface area contributed by atoms with Crippen molar-refractivity contribution in [2.45, 2.75) is 63.2 Å². The minimum atomic E-state index is -0.551. The molecule has 1 aromatic carbocycles. The molecule has 3 rings (SSSR count). The van der Waals surface area contributed by atoms with Crippen LogP contribution in [-0.4, -0.2) is 81.2 Å². The summed E-state index contributed by atoms with van der Waals surface area (Å²) in [6.07, 6.45) is 6.15. The number of aliphatic hydroxyl groups is 1. The summed E-state index contributed by atoms with van der Waals surface area (Å²) in [5.41, 5.74) is 1.06. The number of nitrogens with zero attached hydrogens (tertiary/aromatic N) is 1. The van der Waals surface area contributed by atoms with E-state index in [-0.39, 0.29) is 30.0 Å². The third-order valence-corrected chi connectivity index (χ3v) is 7.43. The highest BCUT2D eigenvalue weighted by molar-refractivity contribution is 5.74. The molecule has 1 aliphatic heterocycles. The topological polar surface area (TPSA) is 112 Å². The zero-order chi connectivity index (χ0) is 25.8. The molecule has 36 heavy (non-hydrogen) atoms. The molecule has 9 heteroatoms. The zero-order valence-electron chi connectivity index (χ0n) is 21.8. The highest BCUT2D eigenvalue weighted by Crippen LogP contribution is 2.33. The lowest BCUT2D eigenvalue weighted by Gasteiger charge is -2.39. The predicted molar refractivity (Wildman–Crippen MR) is 139 cm³/mol. The number of carbonyl (C=O) groups is 2. The molecule has 1 heterocycles. The highest BCUT2D eigenvalue weighted by atomic mass is 16.5. The Hall–Kier alpha value is -2.36. The maximum atomic E-state index is 13.3. The lowest BCUT2D eigenvalue weighted by Crippen LogP contribution is -2.56. The number of hydrogen-bond acceptors (Lipinski definition) is 6. The molecule has 2 fully saturated rings. The largest absolute Gasteiger partial charge is 0.453 e. The first-order valence-electron chi connectivity index (χ1n) is 13.4. The average Bonchev–Trinajstić information content (AvgIpc) is 2.93. The number of likely N-dealkylation sites (N-methyl/N-ethyl adjacent to an activating group) is 1. The molecule has 0 aromatic heterocycles. The van der Waals surface area contributed by atoms with Crippen LogP contribution in [0, 0.1) is 11.8 Å². The van der Waals surface area contributed by atoms with E-state index in [1.54, 1.807) is 0 Å². The number of methoxy groups -OCH3 is 1. The van der Waals surface area contributed by atoms with Crippen molar-refractivity contribution in [3.8, 4) is 0 Å². The van der Waals surface area contributed by atoms with Crippen LogP contribution in [0.4, 0.5) is 9.59 Å². The summed E-state index contributed by atoms with van der Waals surface area (Å²) in [5, 5.41) is 20.0. The van der Waals surface area contributed by atoms with Crippen molar-refractivity contribution in [3.05, 3.63) is 35.9 Å². The van der Waals surface area contributed by atoms with E-state index in [0.717, 1.165) is 44.1 Å². The lowest BCUT2D eigenvalue weighted by molar-refractivity contribution is -0.00939. The Balaban J connectivity index is 1.62. The molecular weight excluding hydrogens is 460 g/mol. The second-order valence-electron chi connectivity index (χ2n) is 9.97. The van der Waals surface area contributed by atoms with Crippen molar-refractivity contribution in [1.29, 1.82) is 0 Å². The Morgan fingerprint density at radius 2 is 1.81 bits per heavy atom. The Kier molecular flexibility index (Phi) is 11.8. The minimum Gasteiger partial charge on any atom is -0.453 e. The van der Waals surface area contributed by atoms with Crippen LogP contribution in [0.1, 0.15) is 56.6 Å². The number of benzene rings is 1. The molecule has 4 atom stereocenters. The molecule has 1 saturated heterocycles. The maximum absolute atomic E-state index is 13.3. The molecule has 202 valence electrons. The molecule has 0 spiro atoms. The van der Waals surface area contributed by atoms with Crippen LogP contribution in [-0.2, 0) is 9.47 Å². The number of carbonyl (C=O) groups excluding carboxylic acids is 2. The molecule has 0 unspecified atom stereocenters. The fraction of sp³-hybridized carbons (Fsp3) is 0.704. The summed E-state index contributed by atoms with van der Waals surface area (Å²) in [6.45, 7) is 2.47. The van der Waals surface area contributed by atoms with Gasteiger partial charge in [0.25, 0.3) is 0 Å². The van der Waals surface area contributed by atoms with Gasteiger partial charge in [-0.05, 0) is 44.2 Å². The van der Waals surface area contributed by atoms with Crippen molar-refractivity contribution < 1.29 is 24.2 Å². The number of alkyl carbamates (subject to hydrolysis) is 1. The van der Waals surface area contributed by atoms with Gasteiger partial charge in [0.15, 0.2) is 0 Å². The molecule has 0 bridgehead atoms. The number of nitrogens with one attached hydrogen (secondary N) is 3. The van der Waals surface area contributed by atoms with Crippen molar-refractivity contribution in [1.82, 2.24) is 20.9 Å². The van der Waals surface area contributed by atoms with Crippen molar-refractivity contribution >= 4 is 12.1 Å². The number of ether oxygens (including phenoxy) is 2. The Morgan fingerprint density at radius 3 is 2.50 bits per heavy atom. The second-order valence-corrected chi connectivity index (χ2v) is 9.97. The zero-order valence-corrected chi connectivity index (χ0v) is 21.8. The predicted octanol–water partition coefficient (Wildman–Crippen LogP) is 3.05. The van der Waals surface area contributed by atoms with Crippen molar-refractivity contribution in [2.24, 2.45) is 11.8 Å². The monoisotopic (exact) mass is 504 g/mol. The summed E-state index contributed by atoms with van der Waals surface area (Å²) in [7, 11) is 3.18. The number of piperidine rings is 1. The van der Waals surface area contributed by atoms with Crippen molar-refractivity contribution in [2.75, 3.05) is 46.9 Å². The number of likely N-dealkylation sites (tertiary alicyclic amines) is 1. The number of aliphatic hydroxyl groups excluding tert-OH is 1. The van der Waals surface area contributed by atoms with Crippen LogP contribution in [0.2, 0.25) is 0 Å². The van der Waals surface area contributed by atoms with Gasteiger partial charge in [0.05, 0.1) is 32.0 Å². The fourth-order valence-corrected chi connectivity index (χ4v) is 5.53. The molecule has 0 radical (unpaired) electrons. The van der Waals surface area contributed by atoms with Crippen LogP contribution < -0.4 is 16.0 Å². The summed E-state index contributed by atoms with van der Waals surface area (Å²) in [4.78, 5) is 26.5.